The van der Waals surface area contributed by atoms with Crippen LogP contribution in [0.15, 0.2) is 52.4 Å². The van der Waals surface area contributed by atoms with E-state index >= 15 is 0 Å². The zero-order valence-electron chi connectivity index (χ0n) is 14.3. The van der Waals surface area contributed by atoms with Crippen LogP contribution in [0.2, 0.25) is 0 Å². The zero-order chi connectivity index (χ0) is 17.6. The molecule has 0 unspecified atom stereocenters. The predicted octanol–water partition coefficient (Wildman–Crippen LogP) is 4.51. The van der Waals surface area contributed by atoms with Crippen LogP contribution in [-0.2, 0) is 0 Å². The van der Waals surface area contributed by atoms with Crippen LogP contribution >= 0.6 is 24.2 Å². The molecule has 2 heterocycles. The molecule has 2 aromatic rings. The third kappa shape index (κ3) is 3.02. The van der Waals surface area contributed by atoms with E-state index in [-0.39, 0.29) is 18.2 Å². The molecule has 0 bridgehead atoms. The second kappa shape index (κ2) is 6.97. The molecule has 4 N–H and O–H groups in total. The van der Waals surface area contributed by atoms with Crippen molar-refractivity contribution in [3.8, 4) is 0 Å². The van der Waals surface area contributed by atoms with E-state index in [1.165, 1.54) is 17.3 Å². The minimum absolute atomic E-state index is 0. The summed E-state index contributed by atoms with van der Waals surface area (Å²) in [4.78, 5) is 5.09. The van der Waals surface area contributed by atoms with Gasteiger partial charge < -0.3 is 10.6 Å². The molecule has 0 spiro atoms. The van der Waals surface area contributed by atoms with Crippen molar-refractivity contribution in [2.45, 2.75) is 13.8 Å². The Morgan fingerprint density at radius 3 is 2.50 bits per heavy atom. The van der Waals surface area contributed by atoms with Crippen LogP contribution < -0.4 is 10.6 Å². The first-order chi connectivity index (χ1) is 12.0. The van der Waals surface area contributed by atoms with E-state index in [2.05, 4.69) is 29.5 Å². The maximum Gasteiger partial charge on any atom is 0.173 e. The number of hydrogen-bond acceptors (Lipinski definition) is 4. The lowest BCUT2D eigenvalue weighted by atomic mass is 9.97. The molecule has 5 nitrogen and oxygen atoms in total. The quantitative estimate of drug-likeness (QED) is 0.584. The van der Waals surface area contributed by atoms with Crippen molar-refractivity contribution in [3.05, 3.63) is 69.6 Å². The standard InChI is InChI=1S/C19H17N5S.ClH/c1-10-8-9-13-14(11(10)2)15(23-17(13)20)16-18(21)24-19(25-16)22-12-6-4-3-5-7-12;/h3-9H,1-2H3,(H2,20,23)(H2,21,22,24);1H. The Balaban J connectivity index is 0.00000196. The van der Waals surface area contributed by atoms with Gasteiger partial charge in [-0.1, -0.05) is 30.3 Å². The van der Waals surface area contributed by atoms with Crippen molar-refractivity contribution in [3.63, 3.8) is 0 Å². The van der Waals surface area contributed by atoms with Gasteiger partial charge in [0.2, 0.25) is 0 Å². The number of thioether (sulfide) groups is 1. The molecule has 0 saturated heterocycles. The molecule has 0 atom stereocenters. The highest BCUT2D eigenvalue weighted by atomic mass is 35.5. The molecule has 4 rings (SSSR count). The molecular weight excluding hydrogens is 366 g/mol. The first kappa shape index (κ1) is 18.2. The van der Waals surface area contributed by atoms with Gasteiger partial charge in [-0.05, 0) is 48.9 Å². The summed E-state index contributed by atoms with van der Waals surface area (Å²) in [5.41, 5.74) is 5.94. The van der Waals surface area contributed by atoms with Crippen molar-refractivity contribution in [2.24, 2.45) is 4.99 Å². The maximum atomic E-state index is 8.28. The Hall–Kier alpha value is -2.57. The monoisotopic (exact) mass is 383 g/mol. The fourth-order valence-corrected chi connectivity index (χ4v) is 3.86. The van der Waals surface area contributed by atoms with Gasteiger partial charge in [0.15, 0.2) is 11.0 Å². The number of nitrogens with one attached hydrogen (secondary N) is 4. The lowest BCUT2D eigenvalue weighted by Crippen LogP contribution is -2.14. The highest BCUT2D eigenvalue weighted by Gasteiger charge is 2.31. The Morgan fingerprint density at radius 2 is 1.77 bits per heavy atom. The van der Waals surface area contributed by atoms with Crippen LogP contribution in [0.3, 0.4) is 0 Å². The van der Waals surface area contributed by atoms with Crippen molar-refractivity contribution in [2.75, 3.05) is 5.32 Å². The molecule has 132 valence electrons. The van der Waals surface area contributed by atoms with Crippen LogP contribution in [0.4, 0.5) is 5.69 Å². The predicted molar refractivity (Wildman–Crippen MR) is 113 cm³/mol. The van der Waals surface area contributed by atoms with Crippen LogP contribution in [0.25, 0.3) is 5.70 Å². The van der Waals surface area contributed by atoms with Gasteiger partial charge in [-0.2, -0.15) is 0 Å². The molecular formula is C19H18ClN5S. The summed E-state index contributed by atoms with van der Waals surface area (Å²) in [6.07, 6.45) is 0. The number of benzene rings is 2. The molecule has 2 aliphatic heterocycles. The molecule has 2 aliphatic rings. The summed E-state index contributed by atoms with van der Waals surface area (Å²) in [5, 5.41) is 23.5. The molecule has 0 fully saturated rings. The van der Waals surface area contributed by atoms with E-state index in [4.69, 9.17) is 10.8 Å². The van der Waals surface area contributed by atoms with Crippen molar-refractivity contribution in [1.82, 2.24) is 5.32 Å². The summed E-state index contributed by atoms with van der Waals surface area (Å²) in [5.74, 6) is 0.589. The number of fused-ring (bicyclic) bond motifs is 1. The summed E-state index contributed by atoms with van der Waals surface area (Å²) in [7, 11) is 0. The van der Waals surface area contributed by atoms with Gasteiger partial charge in [-0.3, -0.25) is 10.8 Å². The smallest absolute Gasteiger partial charge is 0.173 e. The SMILES string of the molecule is Cc1ccc2c(c1C)C(=C1SC(Nc3ccccc3)=NC1=N)NC2=N.Cl. The molecule has 0 amide bonds. The number of nitrogens with zero attached hydrogens (tertiary/aromatic N) is 1. The Labute approximate surface area is 162 Å². The Kier molecular flexibility index (Phi) is 4.89. The van der Waals surface area contributed by atoms with Crippen LogP contribution in [0.1, 0.15) is 22.3 Å². The minimum atomic E-state index is 0. The zero-order valence-corrected chi connectivity index (χ0v) is 15.9. The van der Waals surface area contributed by atoms with Crippen LogP contribution in [0.5, 0.6) is 0 Å². The summed E-state index contributed by atoms with van der Waals surface area (Å²) >= 11 is 1.43. The van der Waals surface area contributed by atoms with Gasteiger partial charge >= 0.3 is 0 Å². The third-order valence-corrected chi connectivity index (χ3v) is 5.37. The van der Waals surface area contributed by atoms with E-state index < -0.39 is 0 Å². The van der Waals surface area contributed by atoms with E-state index in [9.17, 15) is 0 Å². The lowest BCUT2D eigenvalue weighted by Gasteiger charge is -2.10. The fourth-order valence-electron chi connectivity index (χ4n) is 2.96. The van der Waals surface area contributed by atoms with Gasteiger partial charge in [0.1, 0.15) is 5.84 Å². The number of aliphatic imine (C=N–C) groups is 1. The lowest BCUT2D eigenvalue weighted by molar-refractivity contribution is 1.28. The molecule has 7 heteroatoms. The van der Waals surface area contributed by atoms with E-state index in [0.29, 0.717) is 11.0 Å². The van der Waals surface area contributed by atoms with Crippen molar-refractivity contribution >= 4 is 52.4 Å². The molecule has 0 aliphatic carbocycles. The molecule has 0 aromatic heterocycles. The largest absolute Gasteiger partial charge is 0.339 e. The second-order valence-electron chi connectivity index (χ2n) is 5.99. The number of halogens is 1. The summed E-state index contributed by atoms with van der Waals surface area (Å²) in [6.45, 7) is 4.12. The van der Waals surface area contributed by atoms with Crippen molar-refractivity contribution < 1.29 is 0 Å². The number of para-hydroxylation sites is 1. The number of rotatable bonds is 1. The highest BCUT2D eigenvalue weighted by Crippen LogP contribution is 2.38. The first-order valence-corrected chi connectivity index (χ1v) is 8.74. The second-order valence-corrected chi connectivity index (χ2v) is 6.99. The summed E-state index contributed by atoms with van der Waals surface area (Å²) < 4.78 is 0. The fraction of sp³-hybridized carbons (Fsp3) is 0.105. The van der Waals surface area contributed by atoms with Crippen LogP contribution in [0, 0.1) is 24.7 Å². The van der Waals surface area contributed by atoms with Gasteiger partial charge in [0.25, 0.3) is 0 Å². The van der Waals surface area contributed by atoms with Gasteiger partial charge in [-0.25, -0.2) is 4.99 Å². The number of aryl methyl sites for hydroxylation is 1. The first-order valence-electron chi connectivity index (χ1n) is 7.93. The maximum absolute atomic E-state index is 8.28. The highest BCUT2D eigenvalue weighted by molar-refractivity contribution is 8.19. The molecule has 0 saturated carbocycles. The third-order valence-electron chi connectivity index (χ3n) is 4.38. The average Bonchev–Trinajstić information content (AvgIpc) is 3.12. The summed E-state index contributed by atoms with van der Waals surface area (Å²) in [6, 6.07) is 13.8. The van der Waals surface area contributed by atoms with Crippen LogP contribution in [-0.4, -0.2) is 16.8 Å². The van der Waals surface area contributed by atoms with Gasteiger partial charge in [-0.15, -0.1) is 12.4 Å². The minimum Gasteiger partial charge on any atom is -0.339 e. The van der Waals surface area contributed by atoms with Crippen molar-refractivity contribution in [1.29, 1.82) is 10.8 Å². The Bertz CT molecular complexity index is 979. The average molecular weight is 384 g/mol. The number of anilines is 1. The normalized spacial score (nSPS) is 18.2. The molecule has 26 heavy (non-hydrogen) atoms. The topological polar surface area (TPSA) is 84.1 Å². The van der Waals surface area contributed by atoms with Gasteiger partial charge in [0, 0.05) is 16.8 Å². The molecule has 2 aromatic carbocycles. The van der Waals surface area contributed by atoms with E-state index in [1.54, 1.807) is 0 Å². The number of hydrogen-bond donors (Lipinski definition) is 4. The van der Waals surface area contributed by atoms with Gasteiger partial charge in [0.05, 0.1) is 10.6 Å². The number of amidine groups is 3. The van der Waals surface area contributed by atoms with E-state index in [1.807, 2.05) is 42.5 Å². The van der Waals surface area contributed by atoms with E-state index in [0.717, 1.165) is 33.0 Å². The molecule has 0 radical (unpaired) electrons. The Morgan fingerprint density at radius 1 is 1.04 bits per heavy atom.